The van der Waals surface area contributed by atoms with Crippen molar-refractivity contribution in [2.75, 3.05) is 5.32 Å². The standard InChI is InChI=1S/C23H23FN2O5S2/c1-14(2)26-33(29,30)19-10-8-18(9-11-19)25-22(27)15(3)31-23(28)21-13-12-20(32-21)16-4-6-17(24)7-5-16/h4-15,26H,1-3H3,(H,25,27). The van der Waals surface area contributed by atoms with Gasteiger partial charge in [0.1, 0.15) is 10.7 Å². The Hall–Kier alpha value is -3.08. The van der Waals surface area contributed by atoms with Crippen LogP contribution in [0.3, 0.4) is 0 Å². The minimum absolute atomic E-state index is 0.0725. The third kappa shape index (κ3) is 6.47. The molecule has 0 saturated heterocycles. The first kappa shape index (κ1) is 24.6. The molecule has 1 atom stereocenters. The zero-order chi connectivity index (χ0) is 24.2. The molecule has 0 aliphatic carbocycles. The summed E-state index contributed by atoms with van der Waals surface area (Å²) in [5, 5.41) is 2.59. The fourth-order valence-electron chi connectivity index (χ4n) is 2.83. The summed E-state index contributed by atoms with van der Waals surface area (Å²) >= 11 is 1.17. The molecule has 3 aromatic rings. The Morgan fingerprint density at radius 3 is 2.18 bits per heavy atom. The molecule has 33 heavy (non-hydrogen) atoms. The maximum atomic E-state index is 13.1. The van der Waals surface area contributed by atoms with Crippen LogP contribution in [0.15, 0.2) is 65.6 Å². The summed E-state index contributed by atoms with van der Waals surface area (Å²) in [6.45, 7) is 4.87. The third-order valence-corrected chi connectivity index (χ3v) is 7.20. The lowest BCUT2D eigenvalue weighted by atomic mass is 10.2. The number of hydrogen-bond acceptors (Lipinski definition) is 6. The van der Waals surface area contributed by atoms with Gasteiger partial charge in [-0.05, 0) is 74.9 Å². The van der Waals surface area contributed by atoms with Crippen LogP contribution >= 0.6 is 11.3 Å². The molecule has 10 heteroatoms. The molecule has 1 unspecified atom stereocenters. The lowest BCUT2D eigenvalue weighted by Gasteiger charge is -2.14. The number of ether oxygens (including phenoxy) is 1. The van der Waals surface area contributed by atoms with Crippen LogP contribution in [0.4, 0.5) is 10.1 Å². The fourth-order valence-corrected chi connectivity index (χ4v) is 4.97. The van der Waals surface area contributed by atoms with E-state index in [9.17, 15) is 22.4 Å². The summed E-state index contributed by atoms with van der Waals surface area (Å²) in [4.78, 5) is 26.0. The average Bonchev–Trinajstić information content (AvgIpc) is 3.24. The molecule has 0 aliphatic heterocycles. The normalized spacial score (nSPS) is 12.4. The van der Waals surface area contributed by atoms with Crippen molar-refractivity contribution in [2.45, 2.75) is 37.8 Å². The van der Waals surface area contributed by atoms with Crippen LogP contribution < -0.4 is 10.0 Å². The molecule has 1 heterocycles. The summed E-state index contributed by atoms with van der Waals surface area (Å²) < 4.78 is 45.2. The van der Waals surface area contributed by atoms with Crippen molar-refractivity contribution < 1.29 is 27.1 Å². The number of amides is 1. The summed E-state index contributed by atoms with van der Waals surface area (Å²) in [5.41, 5.74) is 1.13. The number of esters is 1. The van der Waals surface area contributed by atoms with Crippen molar-refractivity contribution in [2.24, 2.45) is 0 Å². The molecule has 2 aromatic carbocycles. The van der Waals surface area contributed by atoms with E-state index in [-0.39, 0.29) is 16.8 Å². The van der Waals surface area contributed by atoms with Gasteiger partial charge in [0.2, 0.25) is 10.0 Å². The predicted molar refractivity (Wildman–Crippen MR) is 125 cm³/mol. The Morgan fingerprint density at radius 2 is 1.58 bits per heavy atom. The van der Waals surface area contributed by atoms with Gasteiger partial charge >= 0.3 is 5.97 Å². The number of carbonyl (C=O) groups excluding carboxylic acids is 2. The van der Waals surface area contributed by atoms with Crippen molar-refractivity contribution >= 4 is 38.9 Å². The quantitative estimate of drug-likeness (QED) is 0.455. The van der Waals surface area contributed by atoms with Gasteiger partial charge in [-0.1, -0.05) is 12.1 Å². The van der Waals surface area contributed by atoms with Gasteiger partial charge in [-0.2, -0.15) is 0 Å². The van der Waals surface area contributed by atoms with E-state index in [0.29, 0.717) is 10.6 Å². The number of nitrogens with one attached hydrogen (secondary N) is 2. The van der Waals surface area contributed by atoms with Gasteiger partial charge < -0.3 is 10.1 Å². The van der Waals surface area contributed by atoms with E-state index in [2.05, 4.69) is 10.0 Å². The Balaban J connectivity index is 1.59. The van der Waals surface area contributed by atoms with Crippen LogP contribution in [0.25, 0.3) is 10.4 Å². The number of rotatable bonds is 8. The largest absolute Gasteiger partial charge is 0.448 e. The van der Waals surface area contributed by atoms with Gasteiger partial charge in [-0.25, -0.2) is 22.3 Å². The van der Waals surface area contributed by atoms with Crippen LogP contribution in [0.1, 0.15) is 30.4 Å². The molecule has 0 saturated carbocycles. The highest BCUT2D eigenvalue weighted by atomic mass is 32.2. The molecule has 0 bridgehead atoms. The first-order valence-electron chi connectivity index (χ1n) is 10.0. The highest BCUT2D eigenvalue weighted by Gasteiger charge is 2.21. The highest BCUT2D eigenvalue weighted by molar-refractivity contribution is 7.89. The maximum absolute atomic E-state index is 13.1. The molecule has 1 aromatic heterocycles. The van der Waals surface area contributed by atoms with Crippen molar-refractivity contribution in [1.29, 1.82) is 0 Å². The molecule has 0 spiro atoms. The molecule has 7 nitrogen and oxygen atoms in total. The second-order valence-corrected chi connectivity index (χ2v) is 10.3. The SMILES string of the molecule is CC(C)NS(=O)(=O)c1ccc(NC(=O)C(C)OC(=O)c2ccc(-c3ccc(F)cc3)s2)cc1. The zero-order valence-electron chi connectivity index (χ0n) is 18.2. The van der Waals surface area contributed by atoms with E-state index in [1.54, 1.807) is 38.1 Å². The van der Waals surface area contributed by atoms with E-state index < -0.39 is 28.0 Å². The third-order valence-electron chi connectivity index (χ3n) is 4.41. The Labute approximate surface area is 195 Å². The summed E-state index contributed by atoms with van der Waals surface area (Å²) in [7, 11) is -3.64. The lowest BCUT2D eigenvalue weighted by Crippen LogP contribution is -2.30. The number of carbonyl (C=O) groups is 2. The number of sulfonamides is 1. The van der Waals surface area contributed by atoms with Crippen molar-refractivity contribution in [3.63, 3.8) is 0 Å². The minimum Gasteiger partial charge on any atom is -0.448 e. The molecule has 0 radical (unpaired) electrons. The first-order valence-corrected chi connectivity index (χ1v) is 12.3. The minimum atomic E-state index is -3.64. The van der Waals surface area contributed by atoms with Gasteiger partial charge in [-0.15, -0.1) is 11.3 Å². The van der Waals surface area contributed by atoms with Crippen molar-refractivity contribution in [3.8, 4) is 10.4 Å². The Morgan fingerprint density at radius 1 is 0.939 bits per heavy atom. The molecule has 2 N–H and O–H groups in total. The second-order valence-electron chi connectivity index (χ2n) is 7.51. The lowest BCUT2D eigenvalue weighted by molar-refractivity contribution is -0.123. The van der Waals surface area contributed by atoms with Crippen LogP contribution in [-0.2, 0) is 19.6 Å². The molecule has 0 fully saturated rings. The van der Waals surface area contributed by atoms with Crippen LogP contribution in [0.5, 0.6) is 0 Å². The van der Waals surface area contributed by atoms with E-state index in [4.69, 9.17) is 4.74 Å². The van der Waals surface area contributed by atoms with Crippen LogP contribution in [0, 0.1) is 5.82 Å². The molecule has 0 aliphatic rings. The van der Waals surface area contributed by atoms with Crippen LogP contribution in [-0.4, -0.2) is 32.4 Å². The van der Waals surface area contributed by atoms with Gasteiger partial charge in [0.15, 0.2) is 6.10 Å². The number of anilines is 1. The van der Waals surface area contributed by atoms with Crippen molar-refractivity contribution in [1.82, 2.24) is 4.72 Å². The molecular formula is C23H23FN2O5S2. The smallest absolute Gasteiger partial charge is 0.349 e. The van der Waals surface area contributed by atoms with Gasteiger partial charge in [-0.3, -0.25) is 4.79 Å². The topological polar surface area (TPSA) is 102 Å². The molecule has 174 valence electrons. The molecule has 3 rings (SSSR count). The average molecular weight is 491 g/mol. The maximum Gasteiger partial charge on any atom is 0.349 e. The number of thiophene rings is 1. The molecule has 1 amide bonds. The first-order chi connectivity index (χ1) is 15.5. The highest BCUT2D eigenvalue weighted by Crippen LogP contribution is 2.29. The van der Waals surface area contributed by atoms with E-state index in [1.807, 2.05) is 0 Å². The summed E-state index contributed by atoms with van der Waals surface area (Å²) in [5.74, 6) is -1.56. The number of benzene rings is 2. The van der Waals surface area contributed by atoms with Gasteiger partial charge in [0.05, 0.1) is 4.90 Å². The summed E-state index contributed by atoms with van der Waals surface area (Å²) in [6.07, 6.45) is -1.08. The van der Waals surface area contributed by atoms with E-state index >= 15 is 0 Å². The summed E-state index contributed by atoms with van der Waals surface area (Å²) in [6, 6.07) is 14.6. The second kappa shape index (κ2) is 10.2. The molecular weight excluding hydrogens is 467 g/mol. The fraction of sp³-hybridized carbons (Fsp3) is 0.217. The number of halogens is 1. The van der Waals surface area contributed by atoms with Gasteiger partial charge in [0, 0.05) is 16.6 Å². The van der Waals surface area contributed by atoms with E-state index in [0.717, 1.165) is 10.4 Å². The predicted octanol–water partition coefficient (Wildman–Crippen LogP) is 4.42. The van der Waals surface area contributed by atoms with Crippen molar-refractivity contribution in [3.05, 3.63) is 71.4 Å². The zero-order valence-corrected chi connectivity index (χ0v) is 19.8. The van der Waals surface area contributed by atoms with E-state index in [1.165, 1.54) is 54.7 Å². The van der Waals surface area contributed by atoms with Crippen LogP contribution in [0.2, 0.25) is 0 Å². The monoisotopic (exact) mass is 490 g/mol. The Bertz CT molecular complexity index is 1240. The van der Waals surface area contributed by atoms with Gasteiger partial charge in [0.25, 0.3) is 5.91 Å². The Kier molecular flexibility index (Phi) is 7.62. The number of hydrogen-bond donors (Lipinski definition) is 2.